The molecule has 0 unspecified atom stereocenters. The Morgan fingerprint density at radius 2 is 1.86 bits per heavy atom. The zero-order valence-electron chi connectivity index (χ0n) is 12.6. The van der Waals surface area contributed by atoms with Crippen molar-refractivity contribution in [3.05, 3.63) is 18.1 Å². The quantitative estimate of drug-likeness (QED) is 0.835. The van der Waals surface area contributed by atoms with Crippen molar-refractivity contribution in [3.8, 4) is 0 Å². The predicted octanol–water partition coefficient (Wildman–Crippen LogP) is 1.18. The van der Waals surface area contributed by atoms with Crippen LogP contribution < -0.4 is 4.90 Å². The minimum atomic E-state index is -3.07. The third-order valence-corrected chi connectivity index (χ3v) is 6.81. The lowest BCUT2D eigenvalue weighted by Gasteiger charge is -2.36. The molecule has 0 bridgehead atoms. The van der Waals surface area contributed by atoms with Crippen LogP contribution in [0.15, 0.2) is 12.4 Å². The molecule has 3 rings (SSSR count). The Hall–Kier alpha value is -1.21. The molecule has 7 heteroatoms. The van der Waals surface area contributed by atoms with Gasteiger partial charge < -0.3 is 4.90 Å². The minimum absolute atomic E-state index is 0.115. The Bertz CT molecular complexity index is 607. The molecule has 1 aliphatic heterocycles. The third-order valence-electron chi connectivity index (χ3n) is 4.39. The van der Waals surface area contributed by atoms with Crippen LogP contribution in [0, 0.1) is 6.92 Å². The van der Waals surface area contributed by atoms with Crippen LogP contribution in [0.25, 0.3) is 0 Å². The van der Waals surface area contributed by atoms with Gasteiger partial charge >= 0.3 is 0 Å². The van der Waals surface area contributed by atoms with Gasteiger partial charge in [0.1, 0.15) is 5.82 Å². The predicted molar refractivity (Wildman–Crippen MR) is 81.7 cm³/mol. The number of sulfonamides is 1. The van der Waals surface area contributed by atoms with Crippen molar-refractivity contribution in [1.82, 2.24) is 14.3 Å². The summed E-state index contributed by atoms with van der Waals surface area (Å²) in [5, 5.41) is -0.122. The molecule has 0 aromatic carbocycles. The first-order chi connectivity index (χ1) is 9.98. The fourth-order valence-electron chi connectivity index (χ4n) is 2.87. The number of anilines is 1. The molecule has 0 atom stereocenters. The van der Waals surface area contributed by atoms with Crippen molar-refractivity contribution < 1.29 is 8.42 Å². The maximum Gasteiger partial charge on any atom is 0.216 e. The molecular formula is C14H22N4O2S. The molecule has 21 heavy (non-hydrogen) atoms. The first-order valence-electron chi connectivity index (χ1n) is 7.49. The van der Waals surface area contributed by atoms with E-state index in [9.17, 15) is 8.42 Å². The molecule has 0 radical (unpaired) electrons. The highest BCUT2D eigenvalue weighted by Crippen LogP contribution is 2.33. The molecule has 1 aliphatic carbocycles. The van der Waals surface area contributed by atoms with E-state index in [1.807, 2.05) is 6.92 Å². The second-order valence-electron chi connectivity index (χ2n) is 6.00. The molecular weight excluding hydrogens is 288 g/mol. The highest BCUT2D eigenvalue weighted by atomic mass is 32.2. The van der Waals surface area contributed by atoms with Crippen LogP contribution in [0.1, 0.15) is 31.4 Å². The Morgan fingerprint density at radius 3 is 2.43 bits per heavy atom. The Kier molecular flexibility index (Phi) is 3.88. The summed E-state index contributed by atoms with van der Waals surface area (Å²) >= 11 is 0. The summed E-state index contributed by atoms with van der Waals surface area (Å²) in [6.07, 6.45) is 6.86. The number of piperidine rings is 1. The molecule has 116 valence electrons. The van der Waals surface area contributed by atoms with Gasteiger partial charge in [0.25, 0.3) is 0 Å². The van der Waals surface area contributed by atoms with Crippen molar-refractivity contribution >= 4 is 15.8 Å². The van der Waals surface area contributed by atoms with E-state index in [4.69, 9.17) is 0 Å². The van der Waals surface area contributed by atoms with Crippen molar-refractivity contribution in [3.63, 3.8) is 0 Å². The van der Waals surface area contributed by atoms with Gasteiger partial charge in [0.2, 0.25) is 10.0 Å². The van der Waals surface area contributed by atoms with Crippen LogP contribution in [0.2, 0.25) is 0 Å². The molecule has 2 aliphatic rings. The zero-order chi connectivity index (χ0) is 15.0. The molecule has 1 aromatic heterocycles. The van der Waals surface area contributed by atoms with E-state index in [0.717, 1.165) is 50.3 Å². The highest BCUT2D eigenvalue weighted by molar-refractivity contribution is 7.90. The lowest BCUT2D eigenvalue weighted by molar-refractivity contribution is 0.311. The summed E-state index contributed by atoms with van der Waals surface area (Å²) in [4.78, 5) is 10.8. The van der Waals surface area contributed by atoms with Crippen LogP contribution in [0.4, 0.5) is 5.82 Å². The standard InChI is InChI=1S/C14H22N4O2S/c1-11-9-15-10-14(16-11)18-7-5-12(6-8-18)17(2)21(19,20)13-3-4-13/h9-10,12-13H,3-8H2,1-2H3. The van der Waals surface area contributed by atoms with Gasteiger partial charge in [-0.05, 0) is 32.6 Å². The topological polar surface area (TPSA) is 66.4 Å². The SMILES string of the molecule is Cc1cncc(N2CCC(N(C)S(=O)(=O)C3CC3)CC2)n1. The van der Waals surface area contributed by atoms with Crippen LogP contribution >= 0.6 is 0 Å². The van der Waals surface area contributed by atoms with E-state index in [0.29, 0.717) is 0 Å². The monoisotopic (exact) mass is 310 g/mol. The maximum absolute atomic E-state index is 12.3. The van der Waals surface area contributed by atoms with Crippen LogP contribution in [0.5, 0.6) is 0 Å². The normalized spacial score (nSPS) is 21.0. The van der Waals surface area contributed by atoms with E-state index < -0.39 is 10.0 Å². The summed E-state index contributed by atoms with van der Waals surface area (Å²) in [6.45, 7) is 3.58. The largest absolute Gasteiger partial charge is 0.355 e. The second kappa shape index (κ2) is 5.53. The van der Waals surface area contributed by atoms with Gasteiger partial charge in [0.15, 0.2) is 0 Å². The average Bonchev–Trinajstić information content (AvgIpc) is 3.32. The third kappa shape index (κ3) is 3.03. The lowest BCUT2D eigenvalue weighted by atomic mass is 10.1. The summed E-state index contributed by atoms with van der Waals surface area (Å²) < 4.78 is 26.2. The Labute approximate surface area is 126 Å². The van der Waals surface area contributed by atoms with E-state index in [2.05, 4.69) is 14.9 Å². The maximum atomic E-state index is 12.3. The van der Waals surface area contributed by atoms with E-state index in [1.165, 1.54) is 0 Å². The van der Waals surface area contributed by atoms with Gasteiger partial charge in [-0.15, -0.1) is 0 Å². The Morgan fingerprint density at radius 1 is 1.19 bits per heavy atom. The van der Waals surface area contributed by atoms with Crippen LogP contribution in [0.3, 0.4) is 0 Å². The van der Waals surface area contributed by atoms with Gasteiger partial charge in [-0.1, -0.05) is 0 Å². The number of nitrogens with zero attached hydrogens (tertiary/aromatic N) is 4. The number of aryl methyl sites for hydroxylation is 1. The summed E-state index contributed by atoms with van der Waals surface area (Å²) in [5.41, 5.74) is 0.906. The molecule has 2 fully saturated rings. The van der Waals surface area contributed by atoms with Gasteiger partial charge in [-0.2, -0.15) is 0 Å². The first kappa shape index (κ1) is 14.7. The van der Waals surface area contributed by atoms with Crippen molar-refractivity contribution in [2.24, 2.45) is 0 Å². The molecule has 1 saturated heterocycles. The minimum Gasteiger partial charge on any atom is -0.355 e. The summed E-state index contributed by atoms with van der Waals surface area (Å²) in [7, 11) is -1.33. The number of rotatable bonds is 4. The lowest BCUT2D eigenvalue weighted by Crippen LogP contribution is -2.46. The number of hydrogen-bond acceptors (Lipinski definition) is 5. The highest BCUT2D eigenvalue weighted by Gasteiger charge is 2.41. The van der Waals surface area contributed by atoms with Gasteiger partial charge in [-0.3, -0.25) is 4.98 Å². The number of hydrogen-bond donors (Lipinski definition) is 0. The van der Waals surface area contributed by atoms with Gasteiger partial charge in [0.05, 0.1) is 17.1 Å². The Balaban J connectivity index is 1.62. The molecule has 0 amide bonds. The molecule has 1 aromatic rings. The molecule has 0 N–H and O–H groups in total. The summed E-state index contributed by atoms with van der Waals surface area (Å²) in [6, 6.07) is 0.115. The fraction of sp³-hybridized carbons (Fsp3) is 0.714. The van der Waals surface area contributed by atoms with E-state index in [1.54, 1.807) is 23.7 Å². The van der Waals surface area contributed by atoms with Crippen LogP contribution in [-0.2, 0) is 10.0 Å². The van der Waals surface area contributed by atoms with E-state index in [-0.39, 0.29) is 11.3 Å². The van der Waals surface area contributed by atoms with Crippen molar-refractivity contribution in [2.45, 2.75) is 43.9 Å². The average molecular weight is 310 g/mol. The second-order valence-corrected chi connectivity index (χ2v) is 8.27. The van der Waals surface area contributed by atoms with Crippen LogP contribution in [-0.4, -0.2) is 54.1 Å². The summed E-state index contributed by atoms with van der Waals surface area (Å²) in [5.74, 6) is 0.890. The van der Waals surface area contributed by atoms with Crippen molar-refractivity contribution in [2.75, 3.05) is 25.0 Å². The smallest absolute Gasteiger partial charge is 0.216 e. The molecule has 1 saturated carbocycles. The molecule has 2 heterocycles. The van der Waals surface area contributed by atoms with Gasteiger partial charge in [-0.25, -0.2) is 17.7 Å². The fourth-order valence-corrected chi connectivity index (χ4v) is 4.70. The molecule has 0 spiro atoms. The van der Waals surface area contributed by atoms with Crippen molar-refractivity contribution in [1.29, 1.82) is 0 Å². The zero-order valence-corrected chi connectivity index (χ0v) is 13.4. The first-order valence-corrected chi connectivity index (χ1v) is 8.99. The molecule has 6 nitrogen and oxygen atoms in total. The number of aromatic nitrogens is 2. The van der Waals surface area contributed by atoms with E-state index >= 15 is 0 Å². The van der Waals surface area contributed by atoms with Gasteiger partial charge in [0, 0.05) is 32.4 Å².